The number of rotatable bonds is 2. The summed E-state index contributed by atoms with van der Waals surface area (Å²) in [5.74, 6) is 1.56. The number of aryl methyl sites for hydroxylation is 1. The molecule has 0 aliphatic rings. The zero-order valence-corrected chi connectivity index (χ0v) is 14.2. The molecule has 0 atom stereocenters. The largest absolute Gasteiger partial charge is 0.372 e. The van der Waals surface area contributed by atoms with Crippen LogP contribution in [-0.2, 0) is 5.41 Å². The second-order valence-corrected chi connectivity index (χ2v) is 6.67. The Labute approximate surface area is 129 Å². The number of hydrogen-bond donors (Lipinski definition) is 1. The highest BCUT2D eigenvalue weighted by Gasteiger charge is 2.14. The van der Waals surface area contributed by atoms with Gasteiger partial charge in [0, 0.05) is 12.6 Å². The van der Waals surface area contributed by atoms with E-state index in [9.17, 15) is 0 Å². The van der Waals surface area contributed by atoms with Crippen molar-refractivity contribution in [3.8, 4) is 11.4 Å². The first-order valence-corrected chi connectivity index (χ1v) is 7.45. The van der Waals surface area contributed by atoms with Gasteiger partial charge in [0.15, 0.2) is 5.82 Å². The van der Waals surface area contributed by atoms with Crippen LogP contribution >= 0.6 is 15.9 Å². The minimum atomic E-state index is 0.158. The average Bonchev–Trinajstić information content (AvgIpc) is 2.41. The lowest BCUT2D eigenvalue weighted by Gasteiger charge is -2.19. The first-order valence-electron chi connectivity index (χ1n) is 6.65. The van der Waals surface area contributed by atoms with Crippen LogP contribution in [0.15, 0.2) is 28.7 Å². The van der Waals surface area contributed by atoms with Gasteiger partial charge in [0.1, 0.15) is 5.82 Å². The minimum Gasteiger partial charge on any atom is -0.372 e. The molecule has 0 fully saturated rings. The normalized spacial score (nSPS) is 11.5. The summed E-state index contributed by atoms with van der Waals surface area (Å²) in [6.45, 7) is 8.60. The summed E-state index contributed by atoms with van der Waals surface area (Å²) in [7, 11) is 1.86. The van der Waals surface area contributed by atoms with Gasteiger partial charge in [0.2, 0.25) is 0 Å². The monoisotopic (exact) mass is 333 g/mol. The van der Waals surface area contributed by atoms with Crippen LogP contribution in [0.25, 0.3) is 11.4 Å². The second-order valence-electron chi connectivity index (χ2n) is 5.87. The Morgan fingerprint density at radius 2 is 1.65 bits per heavy atom. The molecule has 0 bridgehead atoms. The minimum absolute atomic E-state index is 0.158. The molecular formula is C16H20BrN3. The number of halogens is 1. The van der Waals surface area contributed by atoms with Crippen molar-refractivity contribution in [2.75, 3.05) is 12.4 Å². The molecule has 1 aromatic heterocycles. The quantitative estimate of drug-likeness (QED) is 0.875. The van der Waals surface area contributed by atoms with Crippen LogP contribution < -0.4 is 5.32 Å². The summed E-state index contributed by atoms with van der Waals surface area (Å²) < 4.78 is 0.912. The lowest BCUT2D eigenvalue weighted by molar-refractivity contribution is 0.590. The Morgan fingerprint density at radius 3 is 2.15 bits per heavy atom. The van der Waals surface area contributed by atoms with Crippen LogP contribution in [-0.4, -0.2) is 17.0 Å². The highest BCUT2D eigenvalue weighted by Crippen LogP contribution is 2.28. The fourth-order valence-corrected chi connectivity index (χ4v) is 2.35. The zero-order valence-electron chi connectivity index (χ0n) is 12.6. The van der Waals surface area contributed by atoms with Crippen molar-refractivity contribution in [3.05, 3.63) is 40.0 Å². The fraction of sp³-hybridized carbons (Fsp3) is 0.375. The Hall–Kier alpha value is -1.42. The predicted molar refractivity (Wildman–Crippen MR) is 88.2 cm³/mol. The highest BCUT2D eigenvalue weighted by molar-refractivity contribution is 9.10. The molecule has 1 heterocycles. The number of aromatic nitrogens is 2. The molecule has 0 aliphatic carbocycles. The molecule has 20 heavy (non-hydrogen) atoms. The number of benzene rings is 1. The first kappa shape index (κ1) is 15.0. The molecule has 0 saturated carbocycles. The molecule has 2 rings (SSSR count). The summed E-state index contributed by atoms with van der Waals surface area (Å²) in [4.78, 5) is 9.09. The van der Waals surface area contributed by atoms with Crippen LogP contribution in [0.3, 0.4) is 0 Å². The third-order valence-electron chi connectivity index (χ3n) is 3.26. The van der Waals surface area contributed by atoms with Crippen molar-refractivity contribution in [2.24, 2.45) is 0 Å². The van der Waals surface area contributed by atoms with E-state index in [1.54, 1.807) is 0 Å². The molecule has 0 unspecified atom stereocenters. The molecule has 0 aliphatic heterocycles. The molecular weight excluding hydrogens is 314 g/mol. The SMILES string of the molecule is CNc1nc(-c2ccc(C(C)(C)C)cc2)nc(C)c1Br. The van der Waals surface area contributed by atoms with Crippen molar-refractivity contribution in [2.45, 2.75) is 33.1 Å². The van der Waals surface area contributed by atoms with Gasteiger partial charge in [-0.3, -0.25) is 0 Å². The van der Waals surface area contributed by atoms with Gasteiger partial charge >= 0.3 is 0 Å². The molecule has 0 amide bonds. The van der Waals surface area contributed by atoms with Crippen LogP contribution in [0.5, 0.6) is 0 Å². The average molecular weight is 334 g/mol. The summed E-state index contributed by atoms with van der Waals surface area (Å²) in [5.41, 5.74) is 3.43. The van der Waals surface area contributed by atoms with Gasteiger partial charge in [-0.15, -0.1) is 0 Å². The van der Waals surface area contributed by atoms with Crippen molar-refractivity contribution >= 4 is 21.7 Å². The van der Waals surface area contributed by atoms with Gasteiger partial charge in [-0.2, -0.15) is 0 Å². The molecule has 1 aromatic carbocycles. The topological polar surface area (TPSA) is 37.8 Å². The van der Waals surface area contributed by atoms with Crippen molar-refractivity contribution in [1.29, 1.82) is 0 Å². The van der Waals surface area contributed by atoms with Crippen molar-refractivity contribution in [3.63, 3.8) is 0 Å². The van der Waals surface area contributed by atoms with E-state index in [4.69, 9.17) is 0 Å². The molecule has 1 N–H and O–H groups in total. The summed E-state index contributed by atoms with van der Waals surface area (Å²) in [6.07, 6.45) is 0. The zero-order chi connectivity index (χ0) is 14.9. The Morgan fingerprint density at radius 1 is 1.05 bits per heavy atom. The third-order valence-corrected chi connectivity index (χ3v) is 4.21. The van der Waals surface area contributed by atoms with E-state index < -0.39 is 0 Å². The second kappa shape index (κ2) is 5.52. The number of anilines is 1. The molecule has 4 heteroatoms. The fourth-order valence-electron chi connectivity index (χ4n) is 1.97. The van der Waals surface area contributed by atoms with Gasteiger partial charge in [-0.1, -0.05) is 45.0 Å². The molecule has 3 nitrogen and oxygen atoms in total. The van der Waals surface area contributed by atoms with E-state index in [0.717, 1.165) is 27.4 Å². The Kier molecular flexibility index (Phi) is 4.14. The first-order chi connectivity index (χ1) is 9.32. The molecule has 0 spiro atoms. The third kappa shape index (κ3) is 3.01. The lowest BCUT2D eigenvalue weighted by Crippen LogP contribution is -2.10. The van der Waals surface area contributed by atoms with Gasteiger partial charge in [0.25, 0.3) is 0 Å². The van der Waals surface area contributed by atoms with Gasteiger partial charge < -0.3 is 5.32 Å². The number of nitrogens with one attached hydrogen (secondary N) is 1. The van der Waals surface area contributed by atoms with E-state index in [1.165, 1.54) is 5.56 Å². The Balaban J connectivity index is 2.44. The van der Waals surface area contributed by atoms with E-state index >= 15 is 0 Å². The van der Waals surface area contributed by atoms with Crippen LogP contribution in [0.4, 0.5) is 5.82 Å². The van der Waals surface area contributed by atoms with E-state index in [1.807, 2.05) is 14.0 Å². The maximum atomic E-state index is 4.55. The maximum Gasteiger partial charge on any atom is 0.161 e. The van der Waals surface area contributed by atoms with Crippen LogP contribution in [0, 0.1) is 6.92 Å². The maximum absolute atomic E-state index is 4.55. The van der Waals surface area contributed by atoms with E-state index in [2.05, 4.69) is 76.3 Å². The van der Waals surface area contributed by atoms with Gasteiger partial charge in [0.05, 0.1) is 10.2 Å². The standard InChI is InChI=1S/C16H20BrN3/c1-10-13(17)15(18-5)20-14(19-10)11-6-8-12(9-7-11)16(2,3)4/h6-9H,1-5H3,(H,18,19,20). The van der Waals surface area contributed by atoms with Crippen molar-refractivity contribution in [1.82, 2.24) is 9.97 Å². The lowest BCUT2D eigenvalue weighted by atomic mass is 9.87. The molecule has 0 radical (unpaired) electrons. The Bertz CT molecular complexity index is 613. The number of nitrogens with zero attached hydrogens (tertiary/aromatic N) is 2. The van der Waals surface area contributed by atoms with Crippen LogP contribution in [0.1, 0.15) is 32.0 Å². The highest BCUT2D eigenvalue weighted by atomic mass is 79.9. The predicted octanol–water partition coefficient (Wildman–Crippen LogP) is 4.55. The molecule has 106 valence electrons. The van der Waals surface area contributed by atoms with Gasteiger partial charge in [-0.05, 0) is 33.8 Å². The van der Waals surface area contributed by atoms with Gasteiger partial charge in [-0.25, -0.2) is 9.97 Å². The summed E-state index contributed by atoms with van der Waals surface area (Å²) >= 11 is 3.50. The number of hydrogen-bond acceptors (Lipinski definition) is 3. The summed E-state index contributed by atoms with van der Waals surface area (Å²) in [6, 6.07) is 8.47. The summed E-state index contributed by atoms with van der Waals surface area (Å²) in [5, 5.41) is 3.08. The molecule has 0 saturated heterocycles. The van der Waals surface area contributed by atoms with E-state index in [0.29, 0.717) is 0 Å². The van der Waals surface area contributed by atoms with Crippen LogP contribution in [0.2, 0.25) is 0 Å². The molecule has 2 aromatic rings. The van der Waals surface area contributed by atoms with Crippen molar-refractivity contribution < 1.29 is 0 Å². The van der Waals surface area contributed by atoms with E-state index in [-0.39, 0.29) is 5.41 Å². The smallest absolute Gasteiger partial charge is 0.161 e.